The number of aromatic carboxylic acids is 1. The molecule has 2 heterocycles. The maximum Gasteiger partial charge on any atom is 0.337 e. The van der Waals surface area contributed by atoms with E-state index in [1.54, 1.807) is 4.90 Å². The average Bonchev–Trinajstić information content (AvgIpc) is 2.91. The molecule has 0 atom stereocenters. The summed E-state index contributed by atoms with van der Waals surface area (Å²) in [6.07, 6.45) is 1.61. The van der Waals surface area contributed by atoms with Crippen LogP contribution in [0, 0.1) is 11.2 Å². The first-order valence-electron chi connectivity index (χ1n) is 6.36. The van der Waals surface area contributed by atoms with Gasteiger partial charge in [-0.15, -0.1) is 0 Å². The monoisotopic (exact) mass is 286 g/mol. The highest BCUT2D eigenvalue weighted by atomic mass is 19.3. The molecule has 1 saturated carbocycles. The van der Waals surface area contributed by atoms with Gasteiger partial charge in [-0.2, -0.15) is 0 Å². The summed E-state index contributed by atoms with van der Waals surface area (Å²) in [6, 6.07) is 0.904. The number of hydrogen-bond donors (Lipinski definition) is 1. The number of piperidine rings is 1. The highest BCUT2D eigenvalue weighted by Crippen LogP contribution is 2.65. The minimum absolute atomic E-state index is 0.0359. The molecule has 1 saturated heterocycles. The Kier molecular flexibility index (Phi) is 2.71. The first-order valence-corrected chi connectivity index (χ1v) is 6.36. The van der Waals surface area contributed by atoms with Gasteiger partial charge in [-0.05, 0) is 18.9 Å². The molecule has 2 aliphatic rings. The van der Waals surface area contributed by atoms with Crippen molar-refractivity contribution in [2.24, 2.45) is 5.41 Å². The molecular formula is C13H13F3N2O2. The van der Waals surface area contributed by atoms with Crippen molar-refractivity contribution in [1.82, 2.24) is 4.98 Å². The van der Waals surface area contributed by atoms with Crippen LogP contribution in [0.15, 0.2) is 12.3 Å². The Morgan fingerprint density at radius 2 is 1.95 bits per heavy atom. The molecule has 1 spiro atoms. The summed E-state index contributed by atoms with van der Waals surface area (Å²) in [7, 11) is 0. The van der Waals surface area contributed by atoms with Gasteiger partial charge < -0.3 is 10.0 Å². The van der Waals surface area contributed by atoms with Crippen LogP contribution in [-0.4, -0.2) is 35.1 Å². The maximum absolute atomic E-state index is 13.8. The van der Waals surface area contributed by atoms with E-state index in [0.717, 1.165) is 12.3 Å². The van der Waals surface area contributed by atoms with Crippen molar-refractivity contribution in [3.63, 3.8) is 0 Å². The summed E-state index contributed by atoms with van der Waals surface area (Å²) in [6.45, 7) is 0.623. The molecule has 0 amide bonds. The highest BCUT2D eigenvalue weighted by molar-refractivity contribution is 5.87. The minimum atomic E-state index is -2.59. The summed E-state index contributed by atoms with van der Waals surface area (Å²) in [5.41, 5.74) is -1.13. The Hall–Kier alpha value is -1.79. The zero-order chi connectivity index (χ0) is 14.5. The molecule has 7 heteroatoms. The van der Waals surface area contributed by atoms with Gasteiger partial charge in [0.15, 0.2) is 11.6 Å². The number of alkyl halides is 2. The Morgan fingerprint density at radius 3 is 2.40 bits per heavy atom. The summed E-state index contributed by atoms with van der Waals surface area (Å²) in [5.74, 6) is -4.53. The quantitative estimate of drug-likeness (QED) is 0.907. The SMILES string of the molecule is O=C(O)c1cnc(N2CCC3(CC2)CC3(F)F)c(F)c1. The molecule has 0 aromatic carbocycles. The van der Waals surface area contributed by atoms with E-state index in [1.807, 2.05) is 0 Å². The van der Waals surface area contributed by atoms with Crippen LogP contribution in [0.5, 0.6) is 0 Å². The molecule has 0 unspecified atom stereocenters. The number of pyridine rings is 1. The molecule has 0 bridgehead atoms. The van der Waals surface area contributed by atoms with E-state index < -0.39 is 23.1 Å². The molecule has 108 valence electrons. The summed E-state index contributed by atoms with van der Waals surface area (Å²) >= 11 is 0. The first-order chi connectivity index (χ1) is 9.35. The van der Waals surface area contributed by atoms with Gasteiger partial charge in [0, 0.05) is 31.1 Å². The van der Waals surface area contributed by atoms with Crippen molar-refractivity contribution in [1.29, 1.82) is 0 Å². The van der Waals surface area contributed by atoms with Crippen molar-refractivity contribution in [3.05, 3.63) is 23.6 Å². The topological polar surface area (TPSA) is 53.4 Å². The van der Waals surface area contributed by atoms with Crippen LogP contribution in [0.3, 0.4) is 0 Å². The fraction of sp³-hybridized carbons (Fsp3) is 0.538. The smallest absolute Gasteiger partial charge is 0.337 e. The lowest BCUT2D eigenvalue weighted by atomic mass is 9.93. The molecule has 0 radical (unpaired) electrons. The van der Waals surface area contributed by atoms with Gasteiger partial charge in [-0.3, -0.25) is 0 Å². The molecule has 1 aliphatic carbocycles. The number of carbonyl (C=O) groups is 1. The molecule has 4 nitrogen and oxygen atoms in total. The lowest BCUT2D eigenvalue weighted by Crippen LogP contribution is -2.37. The van der Waals surface area contributed by atoms with Gasteiger partial charge >= 0.3 is 5.97 Å². The number of aromatic nitrogens is 1. The zero-order valence-corrected chi connectivity index (χ0v) is 10.6. The molecule has 1 aromatic heterocycles. The van der Waals surface area contributed by atoms with Crippen molar-refractivity contribution in [2.75, 3.05) is 18.0 Å². The molecule has 20 heavy (non-hydrogen) atoms. The second-order valence-corrected chi connectivity index (χ2v) is 5.48. The van der Waals surface area contributed by atoms with Gasteiger partial charge in [0.2, 0.25) is 0 Å². The fourth-order valence-corrected chi connectivity index (χ4v) is 2.85. The van der Waals surface area contributed by atoms with E-state index in [0.29, 0.717) is 25.9 Å². The van der Waals surface area contributed by atoms with E-state index >= 15 is 0 Å². The van der Waals surface area contributed by atoms with Crippen LogP contribution in [0.25, 0.3) is 0 Å². The van der Waals surface area contributed by atoms with Crippen LogP contribution >= 0.6 is 0 Å². The number of carboxylic acids is 1. The summed E-state index contributed by atoms with van der Waals surface area (Å²) < 4.78 is 40.3. The summed E-state index contributed by atoms with van der Waals surface area (Å²) in [5, 5.41) is 8.74. The van der Waals surface area contributed by atoms with Gasteiger partial charge in [-0.1, -0.05) is 0 Å². The number of nitrogens with zero attached hydrogens (tertiary/aromatic N) is 2. The zero-order valence-electron chi connectivity index (χ0n) is 10.6. The van der Waals surface area contributed by atoms with Gasteiger partial charge in [0.1, 0.15) is 0 Å². The lowest BCUT2D eigenvalue weighted by molar-refractivity contribution is 0.0535. The highest BCUT2D eigenvalue weighted by Gasteiger charge is 2.70. The number of anilines is 1. The number of hydrogen-bond acceptors (Lipinski definition) is 3. The van der Waals surface area contributed by atoms with Gasteiger partial charge in [0.05, 0.1) is 5.56 Å². The third kappa shape index (κ3) is 1.92. The van der Waals surface area contributed by atoms with Crippen LogP contribution < -0.4 is 4.90 Å². The van der Waals surface area contributed by atoms with Crippen LogP contribution in [-0.2, 0) is 0 Å². The Balaban J connectivity index is 1.74. The summed E-state index contributed by atoms with van der Waals surface area (Å²) in [4.78, 5) is 16.1. The maximum atomic E-state index is 13.8. The molecule has 1 N–H and O–H groups in total. The number of rotatable bonds is 2. The van der Waals surface area contributed by atoms with Crippen LogP contribution in [0.2, 0.25) is 0 Å². The van der Waals surface area contributed by atoms with E-state index in [9.17, 15) is 18.0 Å². The van der Waals surface area contributed by atoms with Crippen molar-refractivity contribution in [2.45, 2.75) is 25.2 Å². The predicted molar refractivity (Wildman–Crippen MR) is 64.6 cm³/mol. The van der Waals surface area contributed by atoms with Gasteiger partial charge in [-0.25, -0.2) is 22.9 Å². The standard InChI is InChI=1S/C13H13F3N2O2/c14-9-5-8(11(19)20)6-17-10(9)18-3-1-12(2-4-18)7-13(12,15)16/h5-6H,1-4,7H2,(H,19,20). The van der Waals surface area contributed by atoms with E-state index in [-0.39, 0.29) is 17.8 Å². The number of carboxylic acid groups (broad SMARTS) is 1. The number of halogens is 3. The molecule has 1 aliphatic heterocycles. The second-order valence-electron chi connectivity index (χ2n) is 5.48. The van der Waals surface area contributed by atoms with Crippen molar-refractivity contribution < 1.29 is 23.1 Å². The first kappa shape index (κ1) is 13.2. The molecule has 3 rings (SSSR count). The fourth-order valence-electron chi connectivity index (χ4n) is 2.85. The van der Waals surface area contributed by atoms with Crippen molar-refractivity contribution in [3.8, 4) is 0 Å². The van der Waals surface area contributed by atoms with E-state index in [1.165, 1.54) is 0 Å². The van der Waals surface area contributed by atoms with E-state index in [2.05, 4.69) is 4.98 Å². The molecular weight excluding hydrogens is 273 g/mol. The minimum Gasteiger partial charge on any atom is -0.478 e. The van der Waals surface area contributed by atoms with E-state index in [4.69, 9.17) is 5.11 Å². The average molecular weight is 286 g/mol. The largest absolute Gasteiger partial charge is 0.478 e. The third-order valence-electron chi connectivity index (χ3n) is 4.30. The van der Waals surface area contributed by atoms with Crippen LogP contribution in [0.4, 0.5) is 19.0 Å². The Labute approximate surface area is 113 Å². The Morgan fingerprint density at radius 1 is 1.35 bits per heavy atom. The normalized spacial score (nSPS) is 22.9. The lowest BCUT2D eigenvalue weighted by Gasteiger charge is -2.33. The third-order valence-corrected chi connectivity index (χ3v) is 4.30. The van der Waals surface area contributed by atoms with Crippen molar-refractivity contribution >= 4 is 11.8 Å². The Bertz CT molecular complexity index is 569. The second kappa shape index (κ2) is 4.10. The van der Waals surface area contributed by atoms with Crippen LogP contribution in [0.1, 0.15) is 29.6 Å². The molecule has 1 aromatic rings. The predicted octanol–water partition coefficient (Wildman–Crippen LogP) is 2.54. The van der Waals surface area contributed by atoms with Gasteiger partial charge in [0.25, 0.3) is 5.92 Å². The molecule has 2 fully saturated rings.